The Morgan fingerprint density at radius 1 is 0.966 bits per heavy atom. The summed E-state index contributed by atoms with van der Waals surface area (Å²) in [4.78, 5) is 14.9. The molecule has 1 aromatic heterocycles. The highest BCUT2D eigenvalue weighted by atomic mass is 16.5. The molecule has 146 valence electrons. The van der Waals surface area contributed by atoms with Crippen LogP contribution in [0.1, 0.15) is 28.4 Å². The van der Waals surface area contributed by atoms with Crippen molar-refractivity contribution in [3.63, 3.8) is 0 Å². The molecular formula is C24H23N3O2. The van der Waals surface area contributed by atoms with Crippen molar-refractivity contribution in [3.8, 4) is 5.75 Å². The molecule has 5 heteroatoms. The van der Waals surface area contributed by atoms with Crippen molar-refractivity contribution in [1.82, 2.24) is 15.1 Å². The topological polar surface area (TPSA) is 58.2 Å². The Hall–Kier alpha value is -3.60. The first kappa shape index (κ1) is 18.7. The molecule has 29 heavy (non-hydrogen) atoms. The lowest BCUT2D eigenvalue weighted by Gasteiger charge is -2.21. The molecule has 4 aromatic rings. The third-order valence-electron chi connectivity index (χ3n) is 4.92. The average molecular weight is 385 g/mol. The Balaban J connectivity index is 1.43. The van der Waals surface area contributed by atoms with Crippen molar-refractivity contribution in [2.45, 2.75) is 20.1 Å². The van der Waals surface area contributed by atoms with Crippen molar-refractivity contribution in [1.29, 1.82) is 0 Å². The Morgan fingerprint density at radius 2 is 1.76 bits per heavy atom. The van der Waals surface area contributed by atoms with E-state index in [1.54, 1.807) is 6.20 Å². The van der Waals surface area contributed by atoms with E-state index in [-0.39, 0.29) is 5.91 Å². The number of rotatable bonds is 7. The summed E-state index contributed by atoms with van der Waals surface area (Å²) in [6.07, 6.45) is 1.73. The summed E-state index contributed by atoms with van der Waals surface area (Å²) in [5.74, 6) is 0.806. The molecule has 0 aliphatic rings. The molecule has 0 unspecified atom stereocenters. The minimum absolute atomic E-state index is 0.00764. The number of hydrogen-bond acceptors (Lipinski definition) is 3. The SMILES string of the molecule is CCN(Cc1ccc(OCc2ccccc2)cc1)C(=O)c1cccc2cn[nH]c12. The number of nitrogens with zero attached hydrogens (tertiary/aromatic N) is 2. The number of benzene rings is 3. The lowest BCUT2D eigenvalue weighted by molar-refractivity contribution is 0.0754. The molecule has 1 heterocycles. The first-order chi connectivity index (χ1) is 14.2. The second-order valence-corrected chi connectivity index (χ2v) is 6.88. The molecule has 0 fully saturated rings. The highest BCUT2D eigenvalue weighted by Gasteiger charge is 2.18. The number of nitrogens with one attached hydrogen (secondary N) is 1. The van der Waals surface area contributed by atoms with Crippen molar-refractivity contribution >= 4 is 16.8 Å². The van der Waals surface area contributed by atoms with E-state index in [4.69, 9.17) is 4.74 Å². The summed E-state index contributed by atoms with van der Waals surface area (Å²) >= 11 is 0. The maximum absolute atomic E-state index is 13.1. The lowest BCUT2D eigenvalue weighted by Crippen LogP contribution is -2.30. The number of ether oxygens (including phenoxy) is 1. The van der Waals surface area contributed by atoms with Gasteiger partial charge in [-0.1, -0.05) is 54.6 Å². The molecule has 1 N–H and O–H groups in total. The van der Waals surface area contributed by atoms with Crippen LogP contribution in [0.5, 0.6) is 5.75 Å². The number of para-hydroxylation sites is 1. The third-order valence-corrected chi connectivity index (χ3v) is 4.92. The van der Waals surface area contributed by atoms with Gasteiger partial charge >= 0.3 is 0 Å². The molecule has 0 aliphatic heterocycles. The van der Waals surface area contributed by atoms with Gasteiger partial charge in [-0.05, 0) is 36.2 Å². The zero-order valence-electron chi connectivity index (χ0n) is 16.3. The normalized spacial score (nSPS) is 10.8. The van der Waals surface area contributed by atoms with E-state index >= 15 is 0 Å². The van der Waals surface area contributed by atoms with E-state index in [0.717, 1.165) is 27.8 Å². The van der Waals surface area contributed by atoms with Gasteiger partial charge in [0.2, 0.25) is 0 Å². The molecule has 0 saturated heterocycles. The minimum Gasteiger partial charge on any atom is -0.489 e. The molecule has 0 bridgehead atoms. The van der Waals surface area contributed by atoms with Crippen LogP contribution in [0.25, 0.3) is 10.9 Å². The summed E-state index contributed by atoms with van der Waals surface area (Å²) in [6, 6.07) is 23.7. The van der Waals surface area contributed by atoms with Gasteiger partial charge in [0.1, 0.15) is 12.4 Å². The molecule has 3 aromatic carbocycles. The Kier molecular flexibility index (Phi) is 5.56. The molecular weight excluding hydrogens is 362 g/mol. The molecule has 0 atom stereocenters. The molecule has 0 aliphatic carbocycles. The standard InChI is InChI=1S/C24H23N3O2/c1-2-27(24(28)22-10-6-9-20-15-25-26-23(20)22)16-18-11-13-21(14-12-18)29-17-19-7-4-3-5-8-19/h3-15H,2,16-17H2,1H3,(H,25,26). The van der Waals surface area contributed by atoms with Crippen LogP contribution in [0.2, 0.25) is 0 Å². The van der Waals surface area contributed by atoms with Gasteiger partial charge in [-0.25, -0.2) is 0 Å². The number of amides is 1. The van der Waals surface area contributed by atoms with Gasteiger partial charge in [0, 0.05) is 18.5 Å². The number of hydrogen-bond donors (Lipinski definition) is 1. The largest absolute Gasteiger partial charge is 0.489 e. The predicted molar refractivity (Wildman–Crippen MR) is 114 cm³/mol. The van der Waals surface area contributed by atoms with Crippen LogP contribution < -0.4 is 4.74 Å². The number of carbonyl (C=O) groups excluding carboxylic acids is 1. The summed E-state index contributed by atoms with van der Waals surface area (Å²) in [5.41, 5.74) is 3.61. The van der Waals surface area contributed by atoms with Gasteiger partial charge in [-0.3, -0.25) is 9.89 Å². The molecule has 5 nitrogen and oxygen atoms in total. The van der Waals surface area contributed by atoms with Gasteiger partial charge in [-0.2, -0.15) is 5.10 Å². The monoisotopic (exact) mass is 385 g/mol. The second-order valence-electron chi connectivity index (χ2n) is 6.88. The summed E-state index contributed by atoms with van der Waals surface area (Å²) in [5, 5.41) is 7.92. The second kappa shape index (κ2) is 8.61. The van der Waals surface area contributed by atoms with Crippen molar-refractivity contribution in [2.75, 3.05) is 6.54 Å². The van der Waals surface area contributed by atoms with Gasteiger partial charge in [0.05, 0.1) is 17.3 Å². The molecule has 0 saturated carbocycles. The van der Waals surface area contributed by atoms with E-state index in [1.807, 2.05) is 84.6 Å². The maximum atomic E-state index is 13.1. The van der Waals surface area contributed by atoms with Crippen molar-refractivity contribution in [2.24, 2.45) is 0 Å². The van der Waals surface area contributed by atoms with Crippen molar-refractivity contribution < 1.29 is 9.53 Å². The van der Waals surface area contributed by atoms with Crippen molar-refractivity contribution in [3.05, 3.63) is 95.7 Å². The fourth-order valence-corrected chi connectivity index (χ4v) is 3.30. The van der Waals surface area contributed by atoms with Gasteiger partial charge in [-0.15, -0.1) is 0 Å². The maximum Gasteiger partial charge on any atom is 0.256 e. The van der Waals surface area contributed by atoms with E-state index in [1.165, 1.54) is 0 Å². The van der Waals surface area contributed by atoms with Crippen LogP contribution in [-0.4, -0.2) is 27.5 Å². The van der Waals surface area contributed by atoms with E-state index in [2.05, 4.69) is 10.2 Å². The molecule has 1 amide bonds. The van der Waals surface area contributed by atoms with Gasteiger partial charge in [0.25, 0.3) is 5.91 Å². The Bertz CT molecular complexity index is 1090. The Labute approximate surface area is 169 Å². The van der Waals surface area contributed by atoms with Crippen LogP contribution in [-0.2, 0) is 13.2 Å². The number of aromatic amines is 1. The summed E-state index contributed by atoms with van der Waals surface area (Å²) in [6.45, 7) is 3.69. The minimum atomic E-state index is -0.00764. The average Bonchev–Trinajstić information content (AvgIpc) is 3.26. The smallest absolute Gasteiger partial charge is 0.256 e. The molecule has 0 spiro atoms. The van der Waals surface area contributed by atoms with Gasteiger partial charge < -0.3 is 9.64 Å². The summed E-state index contributed by atoms with van der Waals surface area (Å²) in [7, 11) is 0. The first-order valence-corrected chi connectivity index (χ1v) is 9.71. The van der Waals surface area contributed by atoms with Crippen LogP contribution in [0, 0.1) is 0 Å². The number of H-pyrrole nitrogens is 1. The highest BCUT2D eigenvalue weighted by molar-refractivity contribution is 6.05. The van der Waals surface area contributed by atoms with E-state index in [9.17, 15) is 4.79 Å². The number of carbonyl (C=O) groups is 1. The van der Waals surface area contributed by atoms with Crippen LogP contribution in [0.15, 0.2) is 79.0 Å². The zero-order valence-corrected chi connectivity index (χ0v) is 16.3. The van der Waals surface area contributed by atoms with Crippen LogP contribution in [0.4, 0.5) is 0 Å². The lowest BCUT2D eigenvalue weighted by atomic mass is 10.1. The number of aromatic nitrogens is 2. The quantitative estimate of drug-likeness (QED) is 0.497. The highest BCUT2D eigenvalue weighted by Crippen LogP contribution is 2.20. The van der Waals surface area contributed by atoms with E-state index in [0.29, 0.717) is 25.3 Å². The van der Waals surface area contributed by atoms with E-state index < -0.39 is 0 Å². The molecule has 4 rings (SSSR count). The summed E-state index contributed by atoms with van der Waals surface area (Å²) < 4.78 is 5.84. The third kappa shape index (κ3) is 4.29. The predicted octanol–water partition coefficient (Wildman–Crippen LogP) is 4.80. The van der Waals surface area contributed by atoms with Gasteiger partial charge in [0.15, 0.2) is 0 Å². The zero-order chi connectivity index (χ0) is 20.1. The fourth-order valence-electron chi connectivity index (χ4n) is 3.30. The Morgan fingerprint density at radius 3 is 2.52 bits per heavy atom. The molecule has 0 radical (unpaired) electrons. The van der Waals surface area contributed by atoms with Crippen LogP contribution >= 0.6 is 0 Å². The number of fused-ring (bicyclic) bond motifs is 1. The van der Waals surface area contributed by atoms with Crippen LogP contribution in [0.3, 0.4) is 0 Å². The fraction of sp³-hybridized carbons (Fsp3) is 0.167. The first-order valence-electron chi connectivity index (χ1n) is 9.71.